The molecular formula is C26H19FN8OS. The number of carbonyl (C=O) groups is 1. The predicted molar refractivity (Wildman–Crippen MR) is 142 cm³/mol. The molecule has 0 spiro atoms. The number of rotatable bonds is 3. The van der Waals surface area contributed by atoms with E-state index < -0.39 is 5.82 Å². The normalized spacial score (nSPS) is 11.9. The second-order valence-electron chi connectivity index (χ2n) is 8.84. The molecule has 37 heavy (non-hydrogen) atoms. The van der Waals surface area contributed by atoms with Crippen LogP contribution in [0.1, 0.15) is 31.0 Å². The van der Waals surface area contributed by atoms with Gasteiger partial charge >= 0.3 is 0 Å². The summed E-state index contributed by atoms with van der Waals surface area (Å²) in [5.74, 6) is -0.593. The Hall–Kier alpha value is -4.51. The topological polar surface area (TPSA) is 118 Å². The van der Waals surface area contributed by atoms with Gasteiger partial charge in [0.15, 0.2) is 11.5 Å². The molecule has 0 aromatic carbocycles. The molecule has 0 radical (unpaired) electrons. The fourth-order valence-corrected chi connectivity index (χ4v) is 5.73. The van der Waals surface area contributed by atoms with Gasteiger partial charge in [-0.05, 0) is 24.6 Å². The minimum atomic E-state index is -0.535. The Morgan fingerprint density at radius 1 is 1.05 bits per heavy atom. The molecule has 2 N–H and O–H groups in total. The second-order valence-corrected chi connectivity index (χ2v) is 9.90. The highest BCUT2D eigenvalue weighted by Gasteiger charge is 2.21. The summed E-state index contributed by atoms with van der Waals surface area (Å²) in [7, 11) is 0. The van der Waals surface area contributed by atoms with E-state index in [4.69, 9.17) is 4.98 Å². The van der Waals surface area contributed by atoms with Crippen molar-refractivity contribution in [2.45, 2.75) is 26.2 Å². The number of aromatic nitrogens is 8. The van der Waals surface area contributed by atoms with Crippen LogP contribution in [0.3, 0.4) is 0 Å². The van der Waals surface area contributed by atoms with E-state index in [1.54, 1.807) is 41.6 Å². The molecule has 0 saturated heterocycles. The lowest BCUT2D eigenvalue weighted by atomic mass is 10.1. The number of hydrogen-bond donors (Lipinski definition) is 2. The first-order valence-electron chi connectivity index (χ1n) is 11.9. The van der Waals surface area contributed by atoms with Gasteiger partial charge in [-0.15, -0.1) is 11.3 Å². The van der Waals surface area contributed by atoms with Crippen molar-refractivity contribution < 1.29 is 9.18 Å². The van der Waals surface area contributed by atoms with E-state index in [-0.39, 0.29) is 11.4 Å². The van der Waals surface area contributed by atoms with Crippen molar-refractivity contribution in [3.05, 3.63) is 55.0 Å². The maximum absolute atomic E-state index is 16.1. The number of pyridine rings is 3. The van der Waals surface area contributed by atoms with Gasteiger partial charge in [0, 0.05) is 34.3 Å². The standard InChI is InChI=1S/C26H19FN8OS/c1-2-3-4-19(36)35-14-7-13(8-28-9-14)23-22(27)21-16(12-30-23)33-34-25(21)26-31-17-11-29-10-15(24(17)32-26)18-5-6-20(35)37-18/h5-12,33-34H,2-4H2,1H3. The molecule has 5 aromatic rings. The van der Waals surface area contributed by atoms with Crippen LogP contribution in [-0.4, -0.2) is 45.6 Å². The molecule has 2 aliphatic heterocycles. The van der Waals surface area contributed by atoms with Gasteiger partial charge in [-0.2, -0.15) is 0 Å². The molecule has 0 amide bonds. The summed E-state index contributed by atoms with van der Waals surface area (Å²) in [6, 6.07) is 5.61. The smallest absolute Gasteiger partial charge is 0.232 e. The van der Waals surface area contributed by atoms with Crippen molar-refractivity contribution >= 4 is 70.8 Å². The van der Waals surface area contributed by atoms with Gasteiger partial charge in [-0.1, -0.05) is 13.3 Å². The number of hydrogen-bond acceptors (Lipinski definition) is 7. The fraction of sp³-hybridized carbons (Fsp3) is 0.154. The van der Waals surface area contributed by atoms with Gasteiger partial charge < -0.3 is 0 Å². The molecule has 11 heteroatoms. The van der Waals surface area contributed by atoms with Crippen LogP contribution in [-0.2, 0) is 0 Å². The molecule has 0 saturated carbocycles. The maximum Gasteiger partial charge on any atom is 0.232 e. The number of imidazole rings is 1. The van der Waals surface area contributed by atoms with Crippen LogP contribution >= 0.6 is 11.3 Å². The predicted octanol–water partition coefficient (Wildman–Crippen LogP) is 6.15. The van der Waals surface area contributed by atoms with Crippen molar-refractivity contribution in [1.82, 2.24) is 39.7 Å². The molecule has 0 fully saturated rings. The Balaban J connectivity index is 1.71. The van der Waals surface area contributed by atoms with Crippen LogP contribution in [0.2, 0.25) is 0 Å². The fourth-order valence-electron chi connectivity index (χ4n) is 4.67. The van der Waals surface area contributed by atoms with Crippen LogP contribution < -0.4 is 0 Å². The first kappa shape index (κ1) is 21.7. The number of aromatic amines is 2. The van der Waals surface area contributed by atoms with Gasteiger partial charge in [-0.3, -0.25) is 34.5 Å². The van der Waals surface area contributed by atoms with Crippen LogP contribution in [0, 0.1) is 5.82 Å². The number of carbonyl (C=O) groups excluding carboxylic acids is 1. The van der Waals surface area contributed by atoms with Gasteiger partial charge in [0.1, 0.15) is 27.1 Å². The largest absolute Gasteiger partial charge is 0.298 e. The van der Waals surface area contributed by atoms with Crippen molar-refractivity contribution in [1.29, 1.82) is 0 Å². The Labute approximate surface area is 212 Å². The van der Waals surface area contributed by atoms with Gasteiger partial charge in [0.2, 0.25) is 5.91 Å². The summed E-state index contributed by atoms with van der Waals surface area (Å²) in [5, 5.41) is 7.23. The molecular weight excluding hydrogens is 491 g/mol. The molecule has 8 bridgehead atoms. The third-order valence-electron chi connectivity index (χ3n) is 6.48. The zero-order chi connectivity index (χ0) is 25.1. The van der Waals surface area contributed by atoms with Crippen LogP contribution in [0.25, 0.3) is 64.8 Å². The zero-order valence-corrected chi connectivity index (χ0v) is 20.4. The summed E-state index contributed by atoms with van der Waals surface area (Å²) in [5.41, 5.74) is 3.46. The van der Waals surface area contributed by atoms with Crippen molar-refractivity contribution in [3.8, 4) is 11.3 Å². The molecule has 7 rings (SSSR count). The van der Waals surface area contributed by atoms with Crippen LogP contribution in [0.5, 0.6) is 0 Å². The number of nitrogens with zero attached hydrogens (tertiary/aromatic N) is 6. The Kier molecular flexibility index (Phi) is 4.86. The summed E-state index contributed by atoms with van der Waals surface area (Å²) < 4.78 is 18.6. The Morgan fingerprint density at radius 2 is 1.95 bits per heavy atom. The zero-order valence-electron chi connectivity index (χ0n) is 19.6. The number of thiophene rings is 1. The number of unbranched alkanes of at least 4 members (excludes halogenated alkanes) is 1. The number of H-pyrrole nitrogens is 2. The number of nitrogens with one attached hydrogen (secondary N) is 2. The van der Waals surface area contributed by atoms with Gasteiger partial charge in [0.05, 0.1) is 35.2 Å². The Morgan fingerprint density at radius 3 is 2.84 bits per heavy atom. The highest BCUT2D eigenvalue weighted by atomic mass is 32.1. The van der Waals surface area contributed by atoms with E-state index in [2.05, 4.69) is 30.1 Å². The number of halogens is 1. The number of fused-ring (bicyclic) bond motifs is 9. The SMILES string of the molecule is CCCCC(=O)n1c2cncc(c2)c2ncc3[nH][nH]c(c4nc5cncc(c6ccc1s6)c5n4)-c3c2F. The molecule has 0 aliphatic carbocycles. The first-order chi connectivity index (χ1) is 18.1. The van der Waals surface area contributed by atoms with Crippen molar-refractivity contribution in [2.75, 3.05) is 0 Å². The van der Waals surface area contributed by atoms with E-state index in [1.807, 2.05) is 19.1 Å². The van der Waals surface area contributed by atoms with Gasteiger partial charge in [-0.25, -0.2) is 14.4 Å². The third kappa shape index (κ3) is 3.34. The summed E-state index contributed by atoms with van der Waals surface area (Å²) in [4.78, 5) is 36.7. The van der Waals surface area contributed by atoms with Crippen molar-refractivity contribution in [3.63, 3.8) is 0 Å². The second kappa shape index (κ2) is 8.27. The van der Waals surface area contributed by atoms with Crippen LogP contribution in [0.15, 0.2) is 49.2 Å². The quantitative estimate of drug-likeness (QED) is 0.295. The van der Waals surface area contributed by atoms with Crippen molar-refractivity contribution in [2.24, 2.45) is 0 Å². The Bertz CT molecular complexity index is 2030. The molecule has 5 aromatic heterocycles. The highest BCUT2D eigenvalue weighted by molar-refractivity contribution is 7.24. The molecule has 182 valence electrons. The average molecular weight is 511 g/mol. The molecule has 0 atom stereocenters. The maximum atomic E-state index is 16.1. The van der Waals surface area contributed by atoms with E-state index >= 15 is 4.39 Å². The summed E-state index contributed by atoms with van der Waals surface area (Å²) in [6.45, 7) is 2.05. The monoisotopic (exact) mass is 510 g/mol. The summed E-state index contributed by atoms with van der Waals surface area (Å²) >= 11 is 1.46. The molecule has 7 heterocycles. The van der Waals surface area contributed by atoms with E-state index in [0.29, 0.717) is 50.8 Å². The summed E-state index contributed by atoms with van der Waals surface area (Å²) in [6.07, 6.45) is 10.1. The highest BCUT2D eigenvalue weighted by Crippen LogP contribution is 2.34. The van der Waals surface area contributed by atoms with E-state index in [1.165, 1.54) is 11.3 Å². The minimum absolute atomic E-state index is 0.0587. The van der Waals surface area contributed by atoms with Crippen LogP contribution in [0.4, 0.5) is 4.39 Å². The van der Waals surface area contributed by atoms with Gasteiger partial charge in [0.25, 0.3) is 0 Å². The lowest BCUT2D eigenvalue weighted by Gasteiger charge is -2.07. The third-order valence-corrected chi connectivity index (χ3v) is 7.59. The lowest BCUT2D eigenvalue weighted by molar-refractivity contribution is 0.0909. The van der Waals surface area contributed by atoms with E-state index in [0.717, 1.165) is 27.8 Å². The first-order valence-corrected chi connectivity index (χ1v) is 12.7. The average Bonchev–Trinajstić information content (AvgIpc) is 3.65. The molecule has 2 aliphatic rings. The minimum Gasteiger partial charge on any atom is -0.298 e. The van der Waals surface area contributed by atoms with E-state index in [9.17, 15) is 4.79 Å². The lowest BCUT2D eigenvalue weighted by Crippen LogP contribution is -2.10. The molecule has 0 unspecified atom stereocenters. The molecule has 9 nitrogen and oxygen atoms in total.